The van der Waals surface area contributed by atoms with E-state index >= 15 is 0 Å². The molecule has 7 nitrogen and oxygen atoms in total. The van der Waals surface area contributed by atoms with Crippen LogP contribution in [0.1, 0.15) is 27.7 Å². The molecule has 0 aliphatic heterocycles. The Kier molecular flexibility index (Phi) is 5.90. The third-order valence-corrected chi connectivity index (χ3v) is 4.51. The van der Waals surface area contributed by atoms with Gasteiger partial charge in [-0.3, -0.25) is 14.9 Å². The normalized spacial score (nSPS) is 11.6. The molecule has 0 spiro atoms. The lowest BCUT2D eigenvalue weighted by Crippen LogP contribution is -2.51. The molecule has 1 atom stereocenters. The Bertz CT molecular complexity index is 1000. The summed E-state index contributed by atoms with van der Waals surface area (Å²) in [7, 11) is 0. The summed E-state index contributed by atoms with van der Waals surface area (Å²) in [6.45, 7) is 2.27. The number of hydrogen-bond donors (Lipinski definition) is 1. The van der Waals surface area contributed by atoms with Crippen LogP contribution in [-0.4, -0.2) is 15.7 Å². The number of thiocarbonyl (C=S) groups is 1. The third kappa shape index (κ3) is 4.47. The van der Waals surface area contributed by atoms with E-state index in [0.29, 0.717) is 22.9 Å². The highest BCUT2D eigenvalue weighted by molar-refractivity contribution is 7.80. The van der Waals surface area contributed by atoms with Crippen molar-refractivity contribution in [3.63, 3.8) is 0 Å². The van der Waals surface area contributed by atoms with Crippen LogP contribution in [0.4, 0.5) is 5.69 Å². The number of nitrogens with zero attached hydrogens (tertiary/aromatic N) is 2. The Labute approximate surface area is 166 Å². The molecule has 3 aromatic rings. The molecule has 0 saturated carbocycles. The highest BCUT2D eigenvalue weighted by Gasteiger charge is 2.33. The first kappa shape index (κ1) is 19.4. The van der Waals surface area contributed by atoms with E-state index in [4.69, 9.17) is 16.6 Å². The average Bonchev–Trinajstić information content (AvgIpc) is 3.20. The van der Waals surface area contributed by atoms with Gasteiger partial charge in [0.1, 0.15) is 5.76 Å². The van der Waals surface area contributed by atoms with E-state index in [1.54, 1.807) is 23.1 Å². The number of carbonyl (C=O) groups is 1. The topological polar surface area (TPSA) is 89.3 Å². The van der Waals surface area contributed by atoms with Gasteiger partial charge in [0, 0.05) is 29.3 Å². The maximum atomic E-state index is 13.2. The van der Waals surface area contributed by atoms with Crippen molar-refractivity contribution in [2.75, 3.05) is 0 Å². The second-order valence-corrected chi connectivity index (χ2v) is 6.64. The number of ketones is 1. The van der Waals surface area contributed by atoms with Crippen LogP contribution < -0.4 is 9.88 Å². The molecule has 0 saturated heterocycles. The molecule has 28 heavy (non-hydrogen) atoms. The molecular weight excluding hydrogens is 378 g/mol. The average molecular weight is 396 g/mol. The van der Waals surface area contributed by atoms with Crippen LogP contribution in [-0.2, 0) is 6.54 Å². The Morgan fingerprint density at radius 3 is 2.61 bits per heavy atom. The number of aryl methyl sites for hydroxylation is 1. The molecule has 3 rings (SSSR count). The van der Waals surface area contributed by atoms with E-state index in [1.807, 2.05) is 31.3 Å². The van der Waals surface area contributed by atoms with Crippen LogP contribution in [0.5, 0.6) is 0 Å². The summed E-state index contributed by atoms with van der Waals surface area (Å²) >= 11 is 5.51. The molecule has 0 aliphatic rings. The molecule has 1 aromatic carbocycles. The fraction of sp³-hybridized carbons (Fsp3) is 0.150. The van der Waals surface area contributed by atoms with Crippen LogP contribution in [0.25, 0.3) is 0 Å². The number of nitro benzene ring substituents is 1. The Hall–Kier alpha value is -3.39. The molecular formula is C20H18N3O4S+. The summed E-state index contributed by atoms with van der Waals surface area (Å²) in [5, 5.41) is 13.9. The molecule has 142 valence electrons. The van der Waals surface area contributed by atoms with E-state index in [0.717, 1.165) is 5.56 Å². The fourth-order valence-corrected chi connectivity index (χ4v) is 3.06. The maximum Gasteiger partial charge on any atom is 0.270 e. The van der Waals surface area contributed by atoms with Gasteiger partial charge in [-0.2, -0.15) is 4.57 Å². The Balaban J connectivity index is 1.89. The molecule has 1 N–H and O–H groups in total. The van der Waals surface area contributed by atoms with Gasteiger partial charge < -0.3 is 9.73 Å². The molecule has 0 amide bonds. The van der Waals surface area contributed by atoms with Crippen molar-refractivity contribution >= 4 is 28.7 Å². The summed E-state index contributed by atoms with van der Waals surface area (Å²) in [6.07, 6.45) is 5.16. The van der Waals surface area contributed by atoms with E-state index in [2.05, 4.69) is 5.32 Å². The van der Waals surface area contributed by atoms with Gasteiger partial charge in [0.25, 0.3) is 11.7 Å². The van der Waals surface area contributed by atoms with Crippen LogP contribution in [0, 0.1) is 17.0 Å². The number of nitro groups is 1. The lowest BCUT2D eigenvalue weighted by Gasteiger charge is -2.14. The monoisotopic (exact) mass is 396 g/mol. The van der Waals surface area contributed by atoms with Crippen molar-refractivity contribution in [1.82, 2.24) is 5.32 Å². The van der Waals surface area contributed by atoms with Crippen LogP contribution >= 0.6 is 12.2 Å². The summed E-state index contributed by atoms with van der Waals surface area (Å²) in [4.78, 5) is 23.9. The maximum absolute atomic E-state index is 13.2. The van der Waals surface area contributed by atoms with Gasteiger partial charge in [0.15, 0.2) is 17.4 Å². The van der Waals surface area contributed by atoms with Gasteiger partial charge >= 0.3 is 0 Å². The number of furan rings is 1. The van der Waals surface area contributed by atoms with Crippen LogP contribution in [0.15, 0.2) is 71.6 Å². The number of pyridine rings is 1. The van der Waals surface area contributed by atoms with Gasteiger partial charge in [-0.1, -0.05) is 12.2 Å². The SMILES string of the molecule is Cc1ccc[n+]([C@@H](C(=O)c2ccc([N+](=O)[O-])cc2)C(=S)NCc2ccco2)c1. The lowest BCUT2D eigenvalue weighted by atomic mass is 10.0. The predicted molar refractivity (Wildman–Crippen MR) is 106 cm³/mol. The minimum atomic E-state index is -0.786. The van der Waals surface area contributed by atoms with Gasteiger partial charge in [0.05, 0.1) is 17.7 Å². The smallest absolute Gasteiger partial charge is 0.270 e. The van der Waals surface area contributed by atoms with Gasteiger partial charge in [-0.25, -0.2) is 0 Å². The molecule has 0 unspecified atom stereocenters. The number of hydrogen-bond acceptors (Lipinski definition) is 5. The highest BCUT2D eigenvalue weighted by Crippen LogP contribution is 2.16. The zero-order valence-electron chi connectivity index (χ0n) is 15.1. The molecule has 8 heteroatoms. The Morgan fingerprint density at radius 2 is 2.00 bits per heavy atom. The summed E-state index contributed by atoms with van der Waals surface area (Å²) < 4.78 is 7.02. The van der Waals surface area contributed by atoms with Gasteiger partial charge in [-0.05, 0) is 37.3 Å². The van der Waals surface area contributed by atoms with E-state index in [1.165, 1.54) is 24.3 Å². The number of non-ortho nitro benzene ring substituents is 1. The van der Waals surface area contributed by atoms with E-state index < -0.39 is 11.0 Å². The quantitative estimate of drug-likeness (QED) is 0.217. The number of nitrogens with one attached hydrogen (secondary N) is 1. The molecule has 0 fully saturated rings. The number of carbonyl (C=O) groups excluding carboxylic acids is 1. The summed E-state index contributed by atoms with van der Waals surface area (Å²) in [5.41, 5.74) is 1.24. The van der Waals surface area contributed by atoms with E-state index in [-0.39, 0.29) is 11.5 Å². The molecule has 0 aliphatic carbocycles. The van der Waals surface area contributed by atoms with Gasteiger partial charge in [0.2, 0.25) is 5.78 Å². The first-order valence-corrected chi connectivity index (χ1v) is 8.92. The molecule has 0 radical (unpaired) electrons. The molecule has 2 heterocycles. The minimum Gasteiger partial charge on any atom is -0.467 e. The molecule has 2 aromatic heterocycles. The largest absolute Gasteiger partial charge is 0.467 e. The van der Waals surface area contributed by atoms with Crippen molar-refractivity contribution in [3.8, 4) is 0 Å². The van der Waals surface area contributed by atoms with Gasteiger partial charge in [-0.15, -0.1) is 0 Å². The number of aromatic nitrogens is 1. The number of benzene rings is 1. The fourth-order valence-electron chi connectivity index (χ4n) is 2.76. The van der Waals surface area contributed by atoms with E-state index in [9.17, 15) is 14.9 Å². The zero-order chi connectivity index (χ0) is 20.1. The summed E-state index contributed by atoms with van der Waals surface area (Å²) in [5.74, 6) is 0.431. The van der Waals surface area contributed by atoms with Crippen molar-refractivity contribution in [2.45, 2.75) is 19.5 Å². The first-order valence-electron chi connectivity index (χ1n) is 8.52. The third-order valence-electron chi connectivity index (χ3n) is 4.14. The predicted octanol–water partition coefficient (Wildman–Crippen LogP) is 3.32. The van der Waals surface area contributed by atoms with Crippen LogP contribution in [0.2, 0.25) is 0 Å². The Morgan fingerprint density at radius 1 is 1.25 bits per heavy atom. The minimum absolute atomic E-state index is 0.0742. The van der Waals surface area contributed by atoms with Crippen molar-refractivity contribution in [3.05, 3.63) is 94.2 Å². The molecule has 0 bridgehead atoms. The zero-order valence-corrected chi connectivity index (χ0v) is 15.9. The standard InChI is InChI=1S/C20H17N3O4S/c1-14-4-2-10-22(13-14)18(20(28)21-12-17-5-3-11-27-17)19(24)15-6-8-16(9-7-15)23(25)26/h2-11,13,18H,12H2,1H3/p+1/t18-/m0/s1. The first-order chi connectivity index (χ1) is 13.5. The lowest BCUT2D eigenvalue weighted by molar-refractivity contribution is -0.692. The number of rotatable bonds is 7. The highest BCUT2D eigenvalue weighted by atomic mass is 32.1. The van der Waals surface area contributed by atoms with Crippen molar-refractivity contribution in [2.24, 2.45) is 0 Å². The summed E-state index contributed by atoms with van der Waals surface area (Å²) in [6, 6.07) is 12.1. The van der Waals surface area contributed by atoms with Crippen molar-refractivity contribution < 1.29 is 18.7 Å². The second kappa shape index (κ2) is 8.53. The number of Topliss-reactive ketones (excluding diaryl/α,β-unsaturated/α-hetero) is 1. The van der Waals surface area contributed by atoms with Crippen LogP contribution in [0.3, 0.4) is 0 Å². The second-order valence-electron chi connectivity index (χ2n) is 6.20. The van der Waals surface area contributed by atoms with Crippen molar-refractivity contribution in [1.29, 1.82) is 0 Å².